The van der Waals surface area contributed by atoms with Gasteiger partial charge in [-0.1, -0.05) is 29.8 Å². The second kappa shape index (κ2) is 8.31. The van der Waals surface area contributed by atoms with Gasteiger partial charge in [0.2, 0.25) is 5.91 Å². The fraction of sp³-hybridized carbons (Fsp3) is 0.130. The zero-order valence-corrected chi connectivity index (χ0v) is 17.1. The molecule has 2 aromatic heterocycles. The van der Waals surface area contributed by atoms with E-state index in [2.05, 4.69) is 10.3 Å². The van der Waals surface area contributed by atoms with Crippen LogP contribution in [0.5, 0.6) is 0 Å². The van der Waals surface area contributed by atoms with Crippen LogP contribution in [0.2, 0.25) is 0 Å². The lowest BCUT2D eigenvalue weighted by atomic mass is 10.1. The highest BCUT2D eigenvalue weighted by Gasteiger charge is 2.14. The minimum absolute atomic E-state index is 0.136. The Morgan fingerprint density at radius 3 is 2.60 bits per heavy atom. The number of aryl methyl sites for hydroxylation is 2. The van der Waals surface area contributed by atoms with Gasteiger partial charge in [-0.15, -0.1) is 11.3 Å². The quantitative estimate of drug-likeness (QED) is 0.526. The van der Waals surface area contributed by atoms with Crippen molar-refractivity contribution in [3.8, 4) is 17.2 Å². The smallest absolute Gasteiger partial charge is 0.262 e. The standard InChI is InChI=1S/C23H18N4O2S/c1-15-2-6-17(7-3-15)19-13-30-22-21(19)23(29)27(14-25-22)11-10-20(28)26-18-8-4-16(12-24)5-9-18/h2-9,13-14H,10-11H2,1H3,(H,26,28). The van der Waals surface area contributed by atoms with E-state index in [0.717, 1.165) is 16.7 Å². The Labute approximate surface area is 177 Å². The van der Waals surface area contributed by atoms with E-state index in [1.54, 1.807) is 24.3 Å². The van der Waals surface area contributed by atoms with Crippen molar-refractivity contribution in [2.45, 2.75) is 19.9 Å². The Morgan fingerprint density at radius 2 is 1.90 bits per heavy atom. The van der Waals surface area contributed by atoms with Crippen LogP contribution in [0.25, 0.3) is 21.3 Å². The summed E-state index contributed by atoms with van der Waals surface area (Å²) in [5.74, 6) is -0.212. The van der Waals surface area contributed by atoms with E-state index < -0.39 is 0 Å². The molecule has 1 amide bonds. The molecular weight excluding hydrogens is 396 g/mol. The zero-order chi connectivity index (χ0) is 21.1. The first kappa shape index (κ1) is 19.6. The summed E-state index contributed by atoms with van der Waals surface area (Å²) < 4.78 is 1.48. The van der Waals surface area contributed by atoms with E-state index >= 15 is 0 Å². The number of benzene rings is 2. The van der Waals surface area contributed by atoms with Crippen LogP contribution >= 0.6 is 11.3 Å². The van der Waals surface area contributed by atoms with Gasteiger partial charge in [-0.3, -0.25) is 14.2 Å². The van der Waals surface area contributed by atoms with E-state index in [1.807, 2.05) is 42.6 Å². The molecular formula is C23H18N4O2S. The molecule has 0 fully saturated rings. The highest BCUT2D eigenvalue weighted by atomic mass is 32.1. The third kappa shape index (κ3) is 4.00. The molecule has 7 heteroatoms. The van der Waals surface area contributed by atoms with Crippen molar-refractivity contribution in [2.24, 2.45) is 0 Å². The van der Waals surface area contributed by atoms with Gasteiger partial charge in [0.15, 0.2) is 0 Å². The highest BCUT2D eigenvalue weighted by molar-refractivity contribution is 7.17. The maximum absolute atomic E-state index is 13.1. The van der Waals surface area contributed by atoms with Crippen molar-refractivity contribution in [1.29, 1.82) is 5.26 Å². The van der Waals surface area contributed by atoms with Gasteiger partial charge >= 0.3 is 0 Å². The molecule has 4 rings (SSSR count). The number of hydrogen-bond donors (Lipinski definition) is 1. The lowest BCUT2D eigenvalue weighted by molar-refractivity contribution is -0.116. The second-order valence-electron chi connectivity index (χ2n) is 6.93. The predicted octanol–water partition coefficient (Wildman–Crippen LogP) is 4.33. The minimum atomic E-state index is -0.212. The molecule has 0 bridgehead atoms. The molecule has 0 atom stereocenters. The van der Waals surface area contributed by atoms with Crippen molar-refractivity contribution < 1.29 is 4.79 Å². The molecule has 6 nitrogen and oxygen atoms in total. The number of hydrogen-bond acceptors (Lipinski definition) is 5. The van der Waals surface area contributed by atoms with Crippen molar-refractivity contribution in [1.82, 2.24) is 9.55 Å². The van der Waals surface area contributed by atoms with E-state index in [-0.39, 0.29) is 24.4 Å². The van der Waals surface area contributed by atoms with Crippen LogP contribution in [0.15, 0.2) is 65.0 Å². The second-order valence-corrected chi connectivity index (χ2v) is 7.78. The number of aromatic nitrogens is 2. The summed E-state index contributed by atoms with van der Waals surface area (Å²) in [5, 5.41) is 14.1. The van der Waals surface area contributed by atoms with Crippen molar-refractivity contribution in [3.05, 3.63) is 81.7 Å². The van der Waals surface area contributed by atoms with Crippen LogP contribution in [0.4, 0.5) is 5.69 Å². The molecule has 0 radical (unpaired) electrons. The van der Waals surface area contributed by atoms with Crippen LogP contribution in [-0.4, -0.2) is 15.5 Å². The molecule has 2 aromatic carbocycles. The van der Waals surface area contributed by atoms with Crippen LogP contribution in [0.3, 0.4) is 0 Å². The molecule has 1 N–H and O–H groups in total. The topological polar surface area (TPSA) is 87.8 Å². The first-order chi connectivity index (χ1) is 14.5. The molecule has 0 spiro atoms. The fourth-order valence-corrected chi connectivity index (χ4v) is 4.05. The summed E-state index contributed by atoms with van der Waals surface area (Å²) in [6.07, 6.45) is 1.63. The van der Waals surface area contributed by atoms with Crippen LogP contribution < -0.4 is 10.9 Å². The summed E-state index contributed by atoms with van der Waals surface area (Å²) in [5.41, 5.74) is 3.98. The summed E-state index contributed by atoms with van der Waals surface area (Å²) in [6, 6.07) is 16.7. The number of nitrogens with zero attached hydrogens (tertiary/aromatic N) is 3. The molecule has 148 valence electrons. The van der Waals surface area contributed by atoms with Gasteiger partial charge in [-0.25, -0.2) is 4.98 Å². The number of carbonyl (C=O) groups is 1. The molecule has 0 unspecified atom stereocenters. The normalized spacial score (nSPS) is 10.7. The number of fused-ring (bicyclic) bond motifs is 1. The van der Waals surface area contributed by atoms with Crippen molar-refractivity contribution in [2.75, 3.05) is 5.32 Å². The maximum Gasteiger partial charge on any atom is 0.262 e. The SMILES string of the molecule is Cc1ccc(-c2csc3ncn(CCC(=O)Nc4ccc(C#N)cc4)c(=O)c23)cc1. The lowest BCUT2D eigenvalue weighted by Gasteiger charge is -2.08. The van der Waals surface area contributed by atoms with Gasteiger partial charge in [0.05, 0.1) is 23.3 Å². The third-order valence-electron chi connectivity index (χ3n) is 4.80. The third-order valence-corrected chi connectivity index (χ3v) is 5.69. The molecule has 2 heterocycles. The molecule has 0 saturated heterocycles. The van der Waals surface area contributed by atoms with Crippen LogP contribution in [0.1, 0.15) is 17.5 Å². The van der Waals surface area contributed by atoms with Crippen LogP contribution in [0, 0.1) is 18.3 Å². The average Bonchev–Trinajstić information content (AvgIpc) is 3.19. The van der Waals surface area contributed by atoms with E-state index in [1.165, 1.54) is 22.2 Å². The first-order valence-electron chi connectivity index (χ1n) is 9.39. The Morgan fingerprint density at radius 1 is 1.17 bits per heavy atom. The van der Waals surface area contributed by atoms with E-state index in [4.69, 9.17) is 5.26 Å². The number of anilines is 1. The molecule has 0 saturated carbocycles. The number of nitrogens with one attached hydrogen (secondary N) is 1. The minimum Gasteiger partial charge on any atom is -0.326 e. The van der Waals surface area contributed by atoms with Crippen molar-refractivity contribution in [3.63, 3.8) is 0 Å². The largest absolute Gasteiger partial charge is 0.326 e. The highest BCUT2D eigenvalue weighted by Crippen LogP contribution is 2.30. The van der Waals surface area contributed by atoms with Gasteiger partial charge in [-0.05, 0) is 36.8 Å². The number of thiophene rings is 1. The Bertz CT molecular complexity index is 1310. The van der Waals surface area contributed by atoms with Gasteiger partial charge in [-0.2, -0.15) is 5.26 Å². The van der Waals surface area contributed by atoms with Crippen molar-refractivity contribution >= 4 is 33.1 Å². The van der Waals surface area contributed by atoms with Crippen LogP contribution in [-0.2, 0) is 11.3 Å². The summed E-state index contributed by atoms with van der Waals surface area (Å²) in [7, 11) is 0. The Hall–Kier alpha value is -3.76. The first-order valence-corrected chi connectivity index (χ1v) is 10.3. The van der Waals surface area contributed by atoms with Gasteiger partial charge in [0.1, 0.15) is 4.83 Å². The average molecular weight is 414 g/mol. The monoisotopic (exact) mass is 414 g/mol. The van der Waals surface area contributed by atoms with Gasteiger partial charge in [0, 0.05) is 29.6 Å². The number of rotatable bonds is 5. The Balaban J connectivity index is 1.53. The molecule has 0 aliphatic carbocycles. The van der Waals surface area contributed by atoms with E-state index in [0.29, 0.717) is 21.5 Å². The summed E-state index contributed by atoms with van der Waals surface area (Å²) in [6.45, 7) is 2.25. The molecule has 4 aromatic rings. The molecule has 30 heavy (non-hydrogen) atoms. The Kier molecular flexibility index (Phi) is 5.42. The fourth-order valence-electron chi connectivity index (χ4n) is 3.15. The lowest BCUT2D eigenvalue weighted by Crippen LogP contribution is -2.23. The molecule has 0 aliphatic rings. The number of carbonyl (C=O) groups excluding carboxylic acids is 1. The van der Waals surface area contributed by atoms with E-state index in [9.17, 15) is 9.59 Å². The zero-order valence-electron chi connectivity index (χ0n) is 16.3. The predicted molar refractivity (Wildman–Crippen MR) is 118 cm³/mol. The number of amides is 1. The summed E-state index contributed by atoms with van der Waals surface area (Å²) in [4.78, 5) is 30.4. The van der Waals surface area contributed by atoms with Gasteiger partial charge < -0.3 is 5.32 Å². The number of nitriles is 1. The maximum atomic E-state index is 13.1. The van der Waals surface area contributed by atoms with Gasteiger partial charge in [0.25, 0.3) is 5.56 Å². The molecule has 0 aliphatic heterocycles. The summed E-state index contributed by atoms with van der Waals surface area (Å²) >= 11 is 1.44.